The molecule has 37 heavy (non-hydrogen) atoms. The average molecular weight is 530 g/mol. The van der Waals surface area contributed by atoms with Crippen LogP contribution in [-0.2, 0) is 21.2 Å². The number of sulfonamides is 1. The normalized spacial score (nSPS) is 11.0. The van der Waals surface area contributed by atoms with Gasteiger partial charge in [0.2, 0.25) is 5.88 Å². The molecule has 10 nitrogen and oxygen atoms in total. The highest BCUT2D eigenvalue weighted by Crippen LogP contribution is 2.14. The maximum Gasteiger partial charge on any atom is 0.515 e. The second kappa shape index (κ2) is 12.1. The van der Waals surface area contributed by atoms with Crippen LogP contribution >= 0.6 is 0 Å². The number of carbonyl (C=O) groups is 3. The molecule has 0 saturated heterocycles. The molecule has 12 heteroatoms. The van der Waals surface area contributed by atoms with Crippen molar-refractivity contribution in [2.24, 2.45) is 0 Å². The van der Waals surface area contributed by atoms with Crippen LogP contribution in [0.4, 0.5) is 9.18 Å². The van der Waals surface area contributed by atoms with E-state index in [4.69, 9.17) is 9.47 Å². The Labute approximate surface area is 212 Å². The third kappa shape index (κ3) is 8.10. The van der Waals surface area contributed by atoms with Gasteiger partial charge in [0.25, 0.3) is 21.8 Å². The Hall–Kier alpha value is -4.32. The van der Waals surface area contributed by atoms with Gasteiger partial charge in [0.1, 0.15) is 5.82 Å². The molecule has 2 amide bonds. The minimum absolute atomic E-state index is 0.0749. The standard InChI is InChI=1S/C25H24FN3O7S/c1-16(2)35-25(32)36-22-11-8-19(15-28-22)24(31)29-37(33,34)21-5-3-4-18(14-21)23(30)27-13-12-17-6-9-20(26)10-7-17/h3-11,14-16H,12-13H2,1-2H3,(H,27,30)(H,29,31). The summed E-state index contributed by atoms with van der Waals surface area (Å²) in [5.41, 5.74) is 0.791. The summed E-state index contributed by atoms with van der Waals surface area (Å²) < 4.78 is 50.0. The van der Waals surface area contributed by atoms with E-state index in [2.05, 4.69) is 10.3 Å². The van der Waals surface area contributed by atoms with E-state index in [1.54, 1.807) is 26.0 Å². The Morgan fingerprint density at radius 1 is 0.973 bits per heavy atom. The van der Waals surface area contributed by atoms with E-state index in [0.717, 1.165) is 17.8 Å². The van der Waals surface area contributed by atoms with Crippen molar-refractivity contribution in [3.63, 3.8) is 0 Å². The van der Waals surface area contributed by atoms with Crippen LogP contribution in [0.15, 0.2) is 71.8 Å². The lowest BCUT2D eigenvalue weighted by Gasteiger charge is -2.10. The lowest BCUT2D eigenvalue weighted by molar-refractivity contribution is 0.0715. The molecule has 0 radical (unpaired) electrons. The molecule has 0 atom stereocenters. The van der Waals surface area contributed by atoms with Crippen LogP contribution in [0.1, 0.15) is 40.1 Å². The fraction of sp³-hybridized carbons (Fsp3) is 0.200. The minimum Gasteiger partial charge on any atom is -0.431 e. The fourth-order valence-corrected chi connectivity index (χ4v) is 4.01. The van der Waals surface area contributed by atoms with E-state index in [0.29, 0.717) is 6.42 Å². The van der Waals surface area contributed by atoms with Gasteiger partial charge in [-0.25, -0.2) is 27.3 Å². The first kappa shape index (κ1) is 27.3. The Balaban J connectivity index is 1.60. The van der Waals surface area contributed by atoms with Gasteiger partial charge < -0.3 is 14.8 Å². The van der Waals surface area contributed by atoms with Crippen molar-refractivity contribution in [1.82, 2.24) is 15.0 Å². The number of ether oxygens (including phenoxy) is 2. The fourth-order valence-electron chi connectivity index (χ4n) is 2.99. The molecule has 3 rings (SSSR count). The zero-order valence-corrected chi connectivity index (χ0v) is 20.8. The van der Waals surface area contributed by atoms with Gasteiger partial charge in [0.15, 0.2) is 0 Å². The largest absolute Gasteiger partial charge is 0.515 e. The van der Waals surface area contributed by atoms with E-state index in [-0.39, 0.29) is 34.3 Å². The van der Waals surface area contributed by atoms with Crippen molar-refractivity contribution in [3.8, 4) is 5.88 Å². The number of rotatable bonds is 9. The Kier molecular flexibility index (Phi) is 8.90. The smallest absolute Gasteiger partial charge is 0.431 e. The maximum atomic E-state index is 13.0. The monoisotopic (exact) mass is 529 g/mol. The first-order valence-electron chi connectivity index (χ1n) is 11.1. The molecule has 0 unspecified atom stereocenters. The number of amides is 2. The summed E-state index contributed by atoms with van der Waals surface area (Å²) in [5.74, 6) is -1.98. The number of carbonyl (C=O) groups excluding carboxylic acids is 3. The zero-order chi connectivity index (χ0) is 27.0. The Bertz CT molecular complexity index is 1380. The van der Waals surface area contributed by atoms with Crippen molar-refractivity contribution in [3.05, 3.63) is 89.4 Å². The second-order valence-electron chi connectivity index (χ2n) is 8.00. The molecule has 0 spiro atoms. The summed E-state index contributed by atoms with van der Waals surface area (Å²) in [7, 11) is -4.32. The number of nitrogens with one attached hydrogen (secondary N) is 2. The van der Waals surface area contributed by atoms with Gasteiger partial charge in [0.05, 0.1) is 16.6 Å². The molecule has 0 saturated carbocycles. The predicted molar refractivity (Wildman–Crippen MR) is 130 cm³/mol. The molecule has 0 aliphatic rings. The van der Waals surface area contributed by atoms with Gasteiger partial charge >= 0.3 is 6.16 Å². The van der Waals surface area contributed by atoms with Gasteiger partial charge in [-0.1, -0.05) is 18.2 Å². The molecule has 1 aromatic heterocycles. The van der Waals surface area contributed by atoms with Crippen molar-refractivity contribution in [2.75, 3.05) is 6.54 Å². The predicted octanol–water partition coefficient (Wildman–Crippen LogP) is 3.24. The molecule has 194 valence electrons. The summed E-state index contributed by atoms with van der Waals surface area (Å²) in [6.45, 7) is 3.53. The highest BCUT2D eigenvalue weighted by atomic mass is 32.2. The van der Waals surface area contributed by atoms with Crippen LogP contribution in [0.3, 0.4) is 0 Å². The molecular weight excluding hydrogens is 505 g/mol. The first-order chi connectivity index (χ1) is 17.5. The number of nitrogens with zero attached hydrogens (tertiary/aromatic N) is 1. The van der Waals surface area contributed by atoms with Gasteiger partial charge in [-0.3, -0.25) is 9.59 Å². The maximum absolute atomic E-state index is 13.0. The van der Waals surface area contributed by atoms with Gasteiger partial charge in [-0.15, -0.1) is 0 Å². The van der Waals surface area contributed by atoms with Crippen LogP contribution in [0.25, 0.3) is 0 Å². The van der Waals surface area contributed by atoms with E-state index in [1.165, 1.54) is 42.5 Å². The summed E-state index contributed by atoms with van der Waals surface area (Å²) in [5, 5.41) is 2.67. The molecule has 0 aliphatic carbocycles. The molecular formula is C25H24FN3O7S. The quantitative estimate of drug-likeness (QED) is 0.403. The lowest BCUT2D eigenvalue weighted by atomic mass is 10.1. The molecule has 2 N–H and O–H groups in total. The number of benzene rings is 2. The highest BCUT2D eigenvalue weighted by Gasteiger charge is 2.21. The third-order valence-electron chi connectivity index (χ3n) is 4.76. The summed E-state index contributed by atoms with van der Waals surface area (Å²) >= 11 is 0. The van der Waals surface area contributed by atoms with E-state index in [1.807, 2.05) is 4.72 Å². The average Bonchev–Trinajstić information content (AvgIpc) is 2.85. The number of aromatic nitrogens is 1. The lowest BCUT2D eigenvalue weighted by Crippen LogP contribution is -2.31. The van der Waals surface area contributed by atoms with E-state index >= 15 is 0 Å². The number of hydrogen-bond acceptors (Lipinski definition) is 8. The topological polar surface area (TPSA) is 141 Å². The van der Waals surface area contributed by atoms with Crippen LogP contribution in [0, 0.1) is 5.82 Å². The van der Waals surface area contributed by atoms with E-state index in [9.17, 15) is 27.2 Å². The summed E-state index contributed by atoms with van der Waals surface area (Å²) in [6, 6.07) is 13.5. The van der Waals surface area contributed by atoms with E-state index < -0.39 is 34.1 Å². The van der Waals surface area contributed by atoms with Crippen molar-refractivity contribution < 1.29 is 36.7 Å². The minimum atomic E-state index is -4.32. The van der Waals surface area contributed by atoms with Crippen molar-refractivity contribution in [2.45, 2.75) is 31.3 Å². The van der Waals surface area contributed by atoms with Gasteiger partial charge in [-0.05, 0) is 62.2 Å². The van der Waals surface area contributed by atoms with Crippen LogP contribution < -0.4 is 14.8 Å². The van der Waals surface area contributed by atoms with Crippen LogP contribution in [-0.4, -0.2) is 44.0 Å². The Morgan fingerprint density at radius 2 is 1.70 bits per heavy atom. The molecule has 1 heterocycles. The number of hydrogen-bond donors (Lipinski definition) is 2. The van der Waals surface area contributed by atoms with Crippen molar-refractivity contribution in [1.29, 1.82) is 0 Å². The number of pyridine rings is 1. The second-order valence-corrected chi connectivity index (χ2v) is 9.68. The van der Waals surface area contributed by atoms with Gasteiger partial charge in [-0.2, -0.15) is 0 Å². The SMILES string of the molecule is CC(C)OC(=O)Oc1ccc(C(=O)NS(=O)(=O)c2cccc(C(=O)NCCc3ccc(F)cc3)c2)cn1. The third-order valence-corrected chi connectivity index (χ3v) is 6.09. The van der Waals surface area contributed by atoms with Crippen molar-refractivity contribution >= 4 is 28.0 Å². The summed E-state index contributed by atoms with van der Waals surface area (Å²) in [6.07, 6.45) is 0.125. The van der Waals surface area contributed by atoms with Gasteiger partial charge in [0, 0.05) is 24.4 Å². The molecule has 3 aromatic rings. The Morgan fingerprint density at radius 3 is 2.35 bits per heavy atom. The molecule has 2 aromatic carbocycles. The van der Waals surface area contributed by atoms with Crippen LogP contribution in [0.5, 0.6) is 5.88 Å². The number of halogens is 1. The molecule has 0 bridgehead atoms. The molecule has 0 aliphatic heterocycles. The van der Waals surface area contributed by atoms with Crippen LogP contribution in [0.2, 0.25) is 0 Å². The summed E-state index contributed by atoms with van der Waals surface area (Å²) in [4.78, 5) is 39.9. The molecule has 0 fully saturated rings. The highest BCUT2D eigenvalue weighted by molar-refractivity contribution is 7.90. The zero-order valence-electron chi connectivity index (χ0n) is 19.9. The first-order valence-corrected chi connectivity index (χ1v) is 12.6.